The van der Waals surface area contributed by atoms with E-state index in [0.717, 1.165) is 31.5 Å². The highest BCUT2D eigenvalue weighted by Crippen LogP contribution is 2.50. The molecule has 0 heterocycles. The second-order valence-electron chi connectivity index (χ2n) is 8.02. The molecule has 0 spiro atoms. The number of likely N-dealkylation sites (N-methyl/N-ethyl adjacent to an activating group) is 1. The van der Waals surface area contributed by atoms with Gasteiger partial charge in [0.25, 0.3) is 0 Å². The van der Waals surface area contributed by atoms with E-state index in [2.05, 4.69) is 39.6 Å². The fourth-order valence-electron chi connectivity index (χ4n) is 4.34. The van der Waals surface area contributed by atoms with Crippen molar-refractivity contribution < 1.29 is 4.74 Å². The van der Waals surface area contributed by atoms with Crippen LogP contribution in [0.1, 0.15) is 66.2 Å². The maximum Gasteiger partial charge on any atom is 0.0662 e. The molecule has 2 N–H and O–H groups in total. The lowest BCUT2D eigenvalue weighted by Crippen LogP contribution is -2.73. The topological polar surface area (TPSA) is 38.5 Å². The van der Waals surface area contributed by atoms with Crippen molar-refractivity contribution in [3.05, 3.63) is 0 Å². The average Bonchev–Trinajstić information content (AvgIpc) is 2.47. The molecule has 3 heteroatoms. The molecule has 2 unspecified atom stereocenters. The van der Waals surface area contributed by atoms with E-state index in [9.17, 15) is 0 Å². The van der Waals surface area contributed by atoms with Crippen LogP contribution in [0.25, 0.3) is 0 Å². The van der Waals surface area contributed by atoms with E-state index in [1.165, 1.54) is 32.1 Å². The minimum Gasteiger partial charge on any atom is -0.378 e. The standard InChI is InChI=1S/C18H36N2O/c1-6-14-8-10-15(11-9-14)20(5)13-18(19)12-16(21-7-2)17(18,3)4/h14-16H,6-13,19H2,1-5H3. The summed E-state index contributed by atoms with van der Waals surface area (Å²) in [7, 11) is 2.27. The lowest BCUT2D eigenvalue weighted by molar-refractivity contribution is -0.157. The van der Waals surface area contributed by atoms with Crippen LogP contribution < -0.4 is 5.73 Å². The van der Waals surface area contributed by atoms with Crippen LogP contribution in [-0.2, 0) is 4.74 Å². The van der Waals surface area contributed by atoms with Gasteiger partial charge in [0.1, 0.15) is 0 Å². The van der Waals surface area contributed by atoms with Crippen molar-refractivity contribution in [2.24, 2.45) is 17.1 Å². The fraction of sp³-hybridized carbons (Fsp3) is 1.00. The Bertz CT molecular complexity index is 336. The van der Waals surface area contributed by atoms with Gasteiger partial charge in [-0.15, -0.1) is 0 Å². The molecule has 0 aliphatic heterocycles. The van der Waals surface area contributed by atoms with Crippen molar-refractivity contribution in [2.75, 3.05) is 20.2 Å². The number of hydrogen-bond donors (Lipinski definition) is 1. The molecule has 0 saturated heterocycles. The summed E-state index contributed by atoms with van der Waals surface area (Å²) in [6.07, 6.45) is 8.17. The number of nitrogens with two attached hydrogens (primary N) is 1. The van der Waals surface area contributed by atoms with E-state index in [-0.39, 0.29) is 11.0 Å². The molecule has 0 aromatic rings. The SMILES string of the molecule is CCOC1CC(N)(CN(C)C2CCC(CC)CC2)C1(C)C. The summed E-state index contributed by atoms with van der Waals surface area (Å²) in [5, 5.41) is 0. The van der Waals surface area contributed by atoms with Crippen LogP contribution in [0.5, 0.6) is 0 Å². The van der Waals surface area contributed by atoms with E-state index >= 15 is 0 Å². The number of ether oxygens (including phenoxy) is 1. The van der Waals surface area contributed by atoms with Crippen LogP contribution in [0.15, 0.2) is 0 Å². The smallest absolute Gasteiger partial charge is 0.0662 e. The van der Waals surface area contributed by atoms with Gasteiger partial charge in [-0.25, -0.2) is 0 Å². The highest BCUT2D eigenvalue weighted by atomic mass is 16.5. The zero-order valence-corrected chi connectivity index (χ0v) is 14.8. The molecular formula is C18H36N2O. The van der Waals surface area contributed by atoms with Crippen LogP contribution in [0.3, 0.4) is 0 Å². The van der Waals surface area contributed by atoms with Crippen molar-refractivity contribution in [2.45, 2.75) is 83.9 Å². The zero-order valence-electron chi connectivity index (χ0n) is 14.8. The van der Waals surface area contributed by atoms with Crippen LogP contribution in [0.2, 0.25) is 0 Å². The summed E-state index contributed by atoms with van der Waals surface area (Å²) in [6.45, 7) is 10.8. The van der Waals surface area contributed by atoms with Gasteiger partial charge >= 0.3 is 0 Å². The first-order valence-electron chi connectivity index (χ1n) is 8.94. The van der Waals surface area contributed by atoms with Crippen molar-refractivity contribution in [1.82, 2.24) is 4.90 Å². The molecule has 0 aromatic heterocycles. The van der Waals surface area contributed by atoms with E-state index in [1.54, 1.807) is 0 Å². The molecule has 2 aliphatic carbocycles. The van der Waals surface area contributed by atoms with Crippen molar-refractivity contribution in [1.29, 1.82) is 0 Å². The van der Waals surface area contributed by atoms with Crippen molar-refractivity contribution >= 4 is 0 Å². The van der Waals surface area contributed by atoms with Crippen molar-refractivity contribution in [3.63, 3.8) is 0 Å². The highest BCUT2D eigenvalue weighted by molar-refractivity contribution is 5.14. The molecule has 2 rings (SSSR count). The second kappa shape index (κ2) is 6.55. The Balaban J connectivity index is 1.87. The van der Waals surface area contributed by atoms with Gasteiger partial charge in [0.05, 0.1) is 6.10 Å². The van der Waals surface area contributed by atoms with Gasteiger partial charge in [0, 0.05) is 30.1 Å². The maximum atomic E-state index is 6.74. The molecular weight excluding hydrogens is 260 g/mol. The van der Waals surface area contributed by atoms with Crippen LogP contribution in [0.4, 0.5) is 0 Å². The zero-order chi connectivity index (χ0) is 15.7. The minimum absolute atomic E-state index is 0.0812. The van der Waals surface area contributed by atoms with Gasteiger partial charge in [-0.1, -0.05) is 27.2 Å². The summed E-state index contributed by atoms with van der Waals surface area (Å²) in [4.78, 5) is 2.54. The Morgan fingerprint density at radius 2 is 1.76 bits per heavy atom. The predicted octanol–water partition coefficient (Wildman–Crippen LogP) is 3.42. The highest BCUT2D eigenvalue weighted by Gasteiger charge is 2.58. The minimum atomic E-state index is -0.0941. The number of rotatable bonds is 6. The van der Waals surface area contributed by atoms with E-state index in [4.69, 9.17) is 10.5 Å². The molecule has 3 nitrogen and oxygen atoms in total. The molecule has 2 saturated carbocycles. The second-order valence-corrected chi connectivity index (χ2v) is 8.02. The molecule has 21 heavy (non-hydrogen) atoms. The fourth-order valence-corrected chi connectivity index (χ4v) is 4.34. The normalized spacial score (nSPS) is 39.3. The van der Waals surface area contributed by atoms with Gasteiger partial charge in [-0.3, -0.25) is 0 Å². The first-order chi connectivity index (χ1) is 9.84. The van der Waals surface area contributed by atoms with Gasteiger partial charge in [0.15, 0.2) is 0 Å². The van der Waals surface area contributed by atoms with Gasteiger partial charge in [-0.2, -0.15) is 0 Å². The summed E-state index contributed by atoms with van der Waals surface area (Å²) < 4.78 is 5.85. The monoisotopic (exact) mass is 296 g/mol. The number of nitrogens with zero attached hydrogens (tertiary/aromatic N) is 1. The lowest BCUT2D eigenvalue weighted by Gasteiger charge is -2.60. The molecule has 0 radical (unpaired) electrons. The Morgan fingerprint density at radius 3 is 2.24 bits per heavy atom. The van der Waals surface area contributed by atoms with Crippen molar-refractivity contribution in [3.8, 4) is 0 Å². The van der Waals surface area contributed by atoms with Gasteiger partial charge < -0.3 is 15.4 Å². The average molecular weight is 296 g/mol. The third kappa shape index (κ3) is 3.30. The van der Waals surface area contributed by atoms with Gasteiger partial charge in [0.2, 0.25) is 0 Å². The summed E-state index contributed by atoms with van der Waals surface area (Å²) >= 11 is 0. The van der Waals surface area contributed by atoms with E-state index in [1.807, 2.05) is 0 Å². The first-order valence-corrected chi connectivity index (χ1v) is 8.94. The van der Waals surface area contributed by atoms with Crippen LogP contribution >= 0.6 is 0 Å². The first kappa shape index (κ1) is 17.2. The van der Waals surface area contributed by atoms with Gasteiger partial charge in [-0.05, 0) is 52.0 Å². The third-order valence-corrected chi connectivity index (χ3v) is 6.55. The molecule has 0 bridgehead atoms. The third-order valence-electron chi connectivity index (χ3n) is 6.55. The predicted molar refractivity (Wildman–Crippen MR) is 89.4 cm³/mol. The quantitative estimate of drug-likeness (QED) is 0.816. The summed E-state index contributed by atoms with van der Waals surface area (Å²) in [5.74, 6) is 0.962. The Morgan fingerprint density at radius 1 is 1.14 bits per heavy atom. The Labute approximate surface area is 131 Å². The van der Waals surface area contributed by atoms with E-state index in [0.29, 0.717) is 6.10 Å². The Kier molecular flexibility index (Phi) is 5.38. The number of hydrogen-bond acceptors (Lipinski definition) is 3. The summed E-state index contributed by atoms with van der Waals surface area (Å²) in [5.41, 5.74) is 6.73. The van der Waals surface area contributed by atoms with Crippen LogP contribution in [0, 0.1) is 11.3 Å². The molecule has 2 fully saturated rings. The maximum absolute atomic E-state index is 6.74. The Hall–Kier alpha value is -0.120. The molecule has 2 atom stereocenters. The largest absolute Gasteiger partial charge is 0.378 e. The molecule has 0 aromatic carbocycles. The van der Waals surface area contributed by atoms with E-state index < -0.39 is 0 Å². The molecule has 124 valence electrons. The molecule has 2 aliphatic rings. The lowest BCUT2D eigenvalue weighted by atomic mass is 9.54. The summed E-state index contributed by atoms with van der Waals surface area (Å²) in [6, 6.07) is 0.732. The molecule has 0 amide bonds. The van der Waals surface area contributed by atoms with Crippen LogP contribution in [-0.4, -0.2) is 42.8 Å².